The Balaban J connectivity index is 1.54. The third-order valence-corrected chi connectivity index (χ3v) is 4.59. The average Bonchev–Trinajstić information content (AvgIpc) is 3.12. The van der Waals surface area contributed by atoms with Crippen molar-refractivity contribution in [2.75, 3.05) is 31.1 Å². The Labute approximate surface area is 163 Å². The van der Waals surface area contributed by atoms with Gasteiger partial charge in [-0.2, -0.15) is 0 Å². The van der Waals surface area contributed by atoms with Crippen LogP contribution in [0.2, 0.25) is 5.15 Å². The lowest BCUT2D eigenvalue weighted by Crippen LogP contribution is -2.44. The first-order valence-corrected chi connectivity index (χ1v) is 9.54. The fraction of sp³-hybridized carbons (Fsp3) is 0.421. The zero-order chi connectivity index (χ0) is 19.1. The molecule has 0 amide bonds. The molecule has 0 saturated carbocycles. The topological polar surface area (TPSA) is 65.4 Å². The second kappa shape index (κ2) is 9.50. The molecule has 3 heterocycles. The number of aliphatic imine (C=N–C) groups is 1. The molecule has 2 aromatic heterocycles. The number of aromatic nitrogens is 2. The van der Waals surface area contributed by atoms with Crippen LogP contribution in [0.4, 0.5) is 10.2 Å². The van der Waals surface area contributed by atoms with E-state index in [1.807, 2.05) is 17.9 Å². The number of halogens is 2. The van der Waals surface area contributed by atoms with E-state index >= 15 is 0 Å². The van der Waals surface area contributed by atoms with Gasteiger partial charge in [0.1, 0.15) is 5.15 Å². The Kier molecular flexibility index (Phi) is 6.81. The summed E-state index contributed by atoms with van der Waals surface area (Å²) in [5, 5.41) is 7.20. The number of pyridine rings is 2. The summed E-state index contributed by atoms with van der Waals surface area (Å²) in [4.78, 5) is 14.8. The van der Waals surface area contributed by atoms with Crippen molar-refractivity contribution in [3.63, 3.8) is 0 Å². The zero-order valence-electron chi connectivity index (χ0n) is 15.3. The van der Waals surface area contributed by atoms with Crippen molar-refractivity contribution in [3.8, 4) is 0 Å². The maximum absolute atomic E-state index is 13.9. The van der Waals surface area contributed by atoms with Gasteiger partial charge in [-0.05, 0) is 43.5 Å². The van der Waals surface area contributed by atoms with Crippen molar-refractivity contribution in [1.29, 1.82) is 0 Å². The van der Waals surface area contributed by atoms with Gasteiger partial charge in [-0.15, -0.1) is 0 Å². The Morgan fingerprint density at radius 2 is 2.26 bits per heavy atom. The maximum atomic E-state index is 13.9. The Hall–Kier alpha value is -2.41. The fourth-order valence-corrected chi connectivity index (χ4v) is 3.16. The van der Waals surface area contributed by atoms with Crippen molar-refractivity contribution >= 4 is 23.4 Å². The van der Waals surface area contributed by atoms with Gasteiger partial charge < -0.3 is 15.5 Å². The number of nitrogens with zero attached hydrogens (tertiary/aromatic N) is 4. The first-order valence-electron chi connectivity index (χ1n) is 9.16. The minimum atomic E-state index is -0.282. The number of hydrogen-bond donors (Lipinski definition) is 2. The third-order valence-electron chi connectivity index (χ3n) is 4.37. The SMILES string of the molecule is CCNC(=NCCc1ccc(Cl)nc1)NC1CCN(c2ncccc2F)C1. The standard InChI is InChI=1S/C19H24ClFN6/c1-2-22-19(24-10-7-14-5-6-17(20)25-12-14)26-15-8-11-27(13-15)18-16(21)4-3-9-23-18/h3-6,9,12,15H,2,7-8,10-11,13H2,1H3,(H2,22,24,26). The van der Waals surface area contributed by atoms with E-state index in [1.54, 1.807) is 24.5 Å². The molecule has 8 heteroatoms. The zero-order valence-corrected chi connectivity index (χ0v) is 16.1. The molecule has 2 N–H and O–H groups in total. The van der Waals surface area contributed by atoms with Crippen LogP contribution in [0.3, 0.4) is 0 Å². The summed E-state index contributed by atoms with van der Waals surface area (Å²) in [5.41, 5.74) is 1.09. The minimum absolute atomic E-state index is 0.196. The van der Waals surface area contributed by atoms with Gasteiger partial charge in [0.2, 0.25) is 0 Å². The monoisotopic (exact) mass is 390 g/mol. The second-order valence-electron chi connectivity index (χ2n) is 6.38. The molecule has 1 saturated heterocycles. The normalized spacial score (nSPS) is 17.2. The molecule has 1 unspecified atom stereocenters. The lowest BCUT2D eigenvalue weighted by molar-refractivity contribution is 0.612. The third kappa shape index (κ3) is 5.53. The molecule has 0 aliphatic carbocycles. The number of hydrogen-bond acceptors (Lipinski definition) is 4. The van der Waals surface area contributed by atoms with Crippen molar-refractivity contribution in [2.45, 2.75) is 25.8 Å². The van der Waals surface area contributed by atoms with Crippen LogP contribution in [0.5, 0.6) is 0 Å². The molecule has 6 nitrogen and oxygen atoms in total. The van der Waals surface area contributed by atoms with E-state index in [4.69, 9.17) is 11.6 Å². The number of guanidine groups is 1. The van der Waals surface area contributed by atoms with E-state index in [9.17, 15) is 4.39 Å². The summed E-state index contributed by atoms with van der Waals surface area (Å²) in [7, 11) is 0. The maximum Gasteiger partial charge on any atom is 0.191 e. The van der Waals surface area contributed by atoms with Crippen LogP contribution in [-0.2, 0) is 6.42 Å². The molecule has 27 heavy (non-hydrogen) atoms. The molecule has 0 bridgehead atoms. The Morgan fingerprint density at radius 3 is 3.00 bits per heavy atom. The molecule has 2 aromatic rings. The van der Waals surface area contributed by atoms with Crippen LogP contribution < -0.4 is 15.5 Å². The quantitative estimate of drug-likeness (QED) is 0.451. The molecular formula is C19H24ClFN6. The molecular weight excluding hydrogens is 367 g/mol. The minimum Gasteiger partial charge on any atom is -0.357 e. The fourth-order valence-electron chi connectivity index (χ4n) is 3.05. The van der Waals surface area contributed by atoms with Crippen LogP contribution in [0.1, 0.15) is 18.9 Å². The number of anilines is 1. The molecule has 1 fully saturated rings. The molecule has 144 valence electrons. The van der Waals surface area contributed by atoms with Gasteiger partial charge in [-0.1, -0.05) is 17.7 Å². The van der Waals surface area contributed by atoms with Crippen LogP contribution in [0.15, 0.2) is 41.7 Å². The van der Waals surface area contributed by atoms with Crippen LogP contribution in [-0.4, -0.2) is 48.1 Å². The van der Waals surface area contributed by atoms with Gasteiger partial charge in [0.25, 0.3) is 0 Å². The van der Waals surface area contributed by atoms with Crippen molar-refractivity contribution in [1.82, 2.24) is 20.6 Å². The van der Waals surface area contributed by atoms with Gasteiger partial charge >= 0.3 is 0 Å². The molecule has 1 aliphatic heterocycles. The highest BCUT2D eigenvalue weighted by atomic mass is 35.5. The summed E-state index contributed by atoms with van der Waals surface area (Å²) < 4.78 is 13.9. The first kappa shape index (κ1) is 19.4. The molecule has 1 atom stereocenters. The van der Waals surface area contributed by atoms with Crippen molar-refractivity contribution in [2.24, 2.45) is 4.99 Å². The van der Waals surface area contributed by atoms with E-state index < -0.39 is 0 Å². The highest BCUT2D eigenvalue weighted by molar-refractivity contribution is 6.29. The average molecular weight is 391 g/mol. The van der Waals surface area contributed by atoms with Gasteiger partial charge in [-0.25, -0.2) is 14.4 Å². The lowest BCUT2D eigenvalue weighted by Gasteiger charge is -2.20. The Bertz CT molecular complexity index is 767. The number of nitrogens with one attached hydrogen (secondary N) is 2. The Morgan fingerprint density at radius 1 is 1.37 bits per heavy atom. The summed E-state index contributed by atoms with van der Waals surface area (Å²) in [6.07, 6.45) is 5.09. The van der Waals surface area contributed by atoms with Crippen molar-refractivity contribution < 1.29 is 4.39 Å². The molecule has 3 rings (SSSR count). The predicted molar refractivity (Wildman–Crippen MR) is 107 cm³/mol. The highest BCUT2D eigenvalue weighted by Crippen LogP contribution is 2.20. The lowest BCUT2D eigenvalue weighted by atomic mass is 10.2. The summed E-state index contributed by atoms with van der Waals surface area (Å²) in [6, 6.07) is 6.99. The predicted octanol–water partition coefficient (Wildman–Crippen LogP) is 2.65. The van der Waals surface area contributed by atoms with Gasteiger partial charge in [0, 0.05) is 44.6 Å². The number of rotatable bonds is 6. The van der Waals surface area contributed by atoms with Crippen molar-refractivity contribution in [3.05, 3.63) is 53.2 Å². The molecule has 0 spiro atoms. The van der Waals surface area contributed by atoms with Crippen LogP contribution in [0, 0.1) is 5.82 Å². The van der Waals surface area contributed by atoms with Gasteiger partial charge in [-0.3, -0.25) is 4.99 Å². The molecule has 1 aliphatic rings. The van der Waals surface area contributed by atoms with E-state index in [1.165, 1.54) is 6.07 Å². The molecule has 0 radical (unpaired) electrons. The van der Waals surface area contributed by atoms with Gasteiger partial charge in [0.15, 0.2) is 17.6 Å². The van der Waals surface area contributed by atoms with E-state index in [0.717, 1.165) is 37.5 Å². The van der Waals surface area contributed by atoms with E-state index in [2.05, 4.69) is 25.6 Å². The van der Waals surface area contributed by atoms with E-state index in [-0.39, 0.29) is 11.9 Å². The van der Waals surface area contributed by atoms with Crippen LogP contribution in [0.25, 0.3) is 0 Å². The van der Waals surface area contributed by atoms with Gasteiger partial charge in [0.05, 0.1) is 0 Å². The summed E-state index contributed by atoms with van der Waals surface area (Å²) in [6.45, 7) is 4.91. The second-order valence-corrected chi connectivity index (χ2v) is 6.77. The highest BCUT2D eigenvalue weighted by Gasteiger charge is 2.25. The van der Waals surface area contributed by atoms with Crippen LogP contribution >= 0.6 is 11.6 Å². The summed E-state index contributed by atoms with van der Waals surface area (Å²) >= 11 is 5.81. The van der Waals surface area contributed by atoms with E-state index in [0.29, 0.717) is 24.1 Å². The largest absolute Gasteiger partial charge is 0.357 e. The smallest absolute Gasteiger partial charge is 0.191 e. The molecule has 0 aromatic carbocycles. The first-order chi connectivity index (χ1) is 13.2. The summed E-state index contributed by atoms with van der Waals surface area (Å²) in [5.74, 6) is 0.905.